The highest BCUT2D eigenvalue weighted by atomic mass is 16.5. The smallest absolute Gasteiger partial charge is 0.316 e. The zero-order chi connectivity index (χ0) is 25.2. The van der Waals surface area contributed by atoms with Crippen LogP contribution in [0.25, 0.3) is 0 Å². The van der Waals surface area contributed by atoms with Gasteiger partial charge in [0, 0.05) is 67.0 Å². The Hall–Kier alpha value is -4.37. The molecule has 4 heterocycles. The van der Waals surface area contributed by atoms with Gasteiger partial charge >= 0.3 is 6.01 Å². The maximum absolute atomic E-state index is 12.3. The maximum Gasteiger partial charge on any atom is 0.316 e. The van der Waals surface area contributed by atoms with Crippen LogP contribution in [0.4, 0.5) is 11.4 Å². The van der Waals surface area contributed by atoms with Gasteiger partial charge in [-0.25, -0.2) is 9.97 Å². The van der Waals surface area contributed by atoms with Gasteiger partial charge in [0.2, 0.25) is 0 Å². The van der Waals surface area contributed by atoms with Gasteiger partial charge in [-0.15, -0.1) is 0 Å². The summed E-state index contributed by atoms with van der Waals surface area (Å²) in [4.78, 5) is 25.5. The Morgan fingerprint density at radius 3 is 2.86 bits per heavy atom. The minimum absolute atomic E-state index is 0.0904. The topological polar surface area (TPSA) is 102 Å². The van der Waals surface area contributed by atoms with Crippen LogP contribution in [-0.4, -0.2) is 41.8 Å². The Kier molecular flexibility index (Phi) is 6.20. The van der Waals surface area contributed by atoms with E-state index in [2.05, 4.69) is 43.4 Å². The summed E-state index contributed by atoms with van der Waals surface area (Å²) in [6.07, 6.45) is 5.71. The molecule has 1 unspecified atom stereocenters. The predicted octanol–water partition coefficient (Wildman–Crippen LogP) is 4.06. The second kappa shape index (κ2) is 9.94. The van der Waals surface area contributed by atoms with Crippen molar-refractivity contribution >= 4 is 11.4 Å². The zero-order valence-corrected chi connectivity index (χ0v) is 20.4. The van der Waals surface area contributed by atoms with Crippen LogP contribution in [0.5, 0.6) is 17.5 Å². The standard InChI is InChI=1S/C28H27N5O4/c1-35-28-31-15-18(16-32-28)14-30-21-7-8-24-20(13-21)12-19-4-2-5-22(26(19)37-24)25-17-33(10-11-36-25)23-6-3-9-29-27(23)34/h2-9,13,15-16,25,30H,10-12,14,17H2,1H3,(H,29,34). The maximum atomic E-state index is 12.3. The molecule has 0 amide bonds. The fourth-order valence-corrected chi connectivity index (χ4v) is 4.83. The first kappa shape index (κ1) is 23.1. The van der Waals surface area contributed by atoms with Crippen LogP contribution in [0.3, 0.4) is 0 Å². The molecule has 2 aliphatic heterocycles. The van der Waals surface area contributed by atoms with E-state index in [1.165, 1.54) is 0 Å². The number of fused-ring (bicyclic) bond motifs is 2. The average Bonchev–Trinajstić information content (AvgIpc) is 2.95. The van der Waals surface area contributed by atoms with Gasteiger partial charge in [-0.2, -0.15) is 0 Å². The number of nitrogens with zero attached hydrogens (tertiary/aromatic N) is 3. The van der Waals surface area contributed by atoms with E-state index in [-0.39, 0.29) is 11.7 Å². The predicted molar refractivity (Wildman–Crippen MR) is 140 cm³/mol. The first-order valence-corrected chi connectivity index (χ1v) is 12.2. The van der Waals surface area contributed by atoms with Gasteiger partial charge in [-0.1, -0.05) is 18.2 Å². The lowest BCUT2D eigenvalue weighted by Gasteiger charge is -2.35. The molecule has 6 rings (SSSR count). The Morgan fingerprint density at radius 2 is 2.03 bits per heavy atom. The van der Waals surface area contributed by atoms with Gasteiger partial charge in [0.1, 0.15) is 23.3 Å². The highest BCUT2D eigenvalue weighted by Crippen LogP contribution is 2.43. The first-order valence-electron chi connectivity index (χ1n) is 12.2. The molecule has 2 aliphatic rings. The van der Waals surface area contributed by atoms with Gasteiger partial charge in [0.05, 0.1) is 13.7 Å². The monoisotopic (exact) mass is 497 g/mol. The summed E-state index contributed by atoms with van der Waals surface area (Å²) in [5.74, 6) is 1.69. The zero-order valence-electron chi connectivity index (χ0n) is 20.4. The van der Waals surface area contributed by atoms with Gasteiger partial charge < -0.3 is 29.4 Å². The highest BCUT2D eigenvalue weighted by Gasteiger charge is 2.29. The molecule has 9 nitrogen and oxygen atoms in total. The van der Waals surface area contributed by atoms with Crippen molar-refractivity contribution in [2.24, 2.45) is 0 Å². The molecular weight excluding hydrogens is 470 g/mol. The molecule has 2 aromatic heterocycles. The second-order valence-electron chi connectivity index (χ2n) is 9.06. The quantitative estimate of drug-likeness (QED) is 0.362. The Morgan fingerprint density at radius 1 is 1.14 bits per heavy atom. The second-order valence-corrected chi connectivity index (χ2v) is 9.06. The number of pyridine rings is 1. The molecule has 4 aromatic rings. The van der Waals surface area contributed by atoms with E-state index >= 15 is 0 Å². The molecule has 37 heavy (non-hydrogen) atoms. The van der Waals surface area contributed by atoms with Crippen LogP contribution in [-0.2, 0) is 17.7 Å². The normalized spacial score (nSPS) is 16.4. The lowest BCUT2D eigenvalue weighted by molar-refractivity contribution is 0.0383. The summed E-state index contributed by atoms with van der Waals surface area (Å²) < 4.78 is 17.6. The van der Waals surface area contributed by atoms with Crippen molar-refractivity contribution in [3.63, 3.8) is 0 Å². The van der Waals surface area contributed by atoms with E-state index < -0.39 is 0 Å². The van der Waals surface area contributed by atoms with Crippen LogP contribution in [0, 0.1) is 0 Å². The lowest BCUT2D eigenvalue weighted by atomic mass is 9.95. The molecule has 0 radical (unpaired) electrons. The molecule has 0 saturated carbocycles. The summed E-state index contributed by atoms with van der Waals surface area (Å²) >= 11 is 0. The number of para-hydroxylation sites is 1. The molecular formula is C28H27N5O4. The van der Waals surface area contributed by atoms with Crippen molar-refractivity contribution in [3.8, 4) is 17.5 Å². The number of hydrogen-bond acceptors (Lipinski definition) is 8. The molecule has 1 saturated heterocycles. The average molecular weight is 498 g/mol. The van der Waals surface area contributed by atoms with E-state index in [0.717, 1.165) is 45.9 Å². The van der Waals surface area contributed by atoms with Crippen molar-refractivity contribution in [1.82, 2.24) is 15.0 Å². The van der Waals surface area contributed by atoms with Crippen molar-refractivity contribution in [2.75, 3.05) is 37.0 Å². The van der Waals surface area contributed by atoms with Crippen molar-refractivity contribution < 1.29 is 14.2 Å². The fraction of sp³-hybridized carbons (Fsp3) is 0.250. The molecule has 0 spiro atoms. The summed E-state index contributed by atoms with van der Waals surface area (Å²) in [5, 5.41) is 3.43. The highest BCUT2D eigenvalue weighted by molar-refractivity contribution is 5.59. The molecule has 1 fully saturated rings. The number of hydrogen-bond donors (Lipinski definition) is 2. The Balaban J connectivity index is 1.19. The largest absolute Gasteiger partial charge is 0.467 e. The third kappa shape index (κ3) is 4.73. The van der Waals surface area contributed by atoms with Gasteiger partial charge in [-0.3, -0.25) is 4.79 Å². The molecule has 1 atom stereocenters. The number of methoxy groups -OCH3 is 1. The number of anilines is 2. The Labute approximate surface area is 214 Å². The molecule has 0 aliphatic carbocycles. The van der Waals surface area contributed by atoms with Crippen LogP contribution in [0.2, 0.25) is 0 Å². The lowest BCUT2D eigenvalue weighted by Crippen LogP contribution is -2.41. The molecule has 188 valence electrons. The number of benzene rings is 2. The van der Waals surface area contributed by atoms with E-state index in [1.54, 1.807) is 25.7 Å². The molecule has 9 heteroatoms. The van der Waals surface area contributed by atoms with Crippen LogP contribution >= 0.6 is 0 Å². The van der Waals surface area contributed by atoms with Gasteiger partial charge in [-0.05, 0) is 35.9 Å². The van der Waals surface area contributed by atoms with Crippen molar-refractivity contribution in [3.05, 3.63) is 99.7 Å². The molecule has 0 bridgehead atoms. The number of morpholine rings is 1. The van der Waals surface area contributed by atoms with E-state index in [4.69, 9.17) is 14.2 Å². The number of H-pyrrole nitrogens is 1. The fourth-order valence-electron chi connectivity index (χ4n) is 4.83. The van der Waals surface area contributed by atoms with E-state index in [0.29, 0.717) is 37.9 Å². The summed E-state index contributed by atoms with van der Waals surface area (Å²) in [6.45, 7) is 2.39. The first-order chi connectivity index (χ1) is 18.2. The van der Waals surface area contributed by atoms with Crippen molar-refractivity contribution in [2.45, 2.75) is 19.1 Å². The van der Waals surface area contributed by atoms with Crippen molar-refractivity contribution in [1.29, 1.82) is 0 Å². The van der Waals surface area contributed by atoms with Crippen LogP contribution in [0.1, 0.15) is 28.4 Å². The minimum Gasteiger partial charge on any atom is -0.467 e. The number of aromatic amines is 1. The number of rotatable bonds is 6. The van der Waals surface area contributed by atoms with Crippen LogP contribution in [0.15, 0.2) is 71.9 Å². The molecule has 2 aromatic carbocycles. The minimum atomic E-state index is -0.197. The van der Waals surface area contributed by atoms with E-state index in [9.17, 15) is 4.79 Å². The van der Waals surface area contributed by atoms with Crippen LogP contribution < -0.4 is 25.2 Å². The van der Waals surface area contributed by atoms with E-state index in [1.807, 2.05) is 30.3 Å². The number of ether oxygens (including phenoxy) is 3. The van der Waals surface area contributed by atoms with Gasteiger partial charge in [0.25, 0.3) is 5.56 Å². The number of aromatic nitrogens is 3. The summed E-state index contributed by atoms with van der Waals surface area (Å²) in [6, 6.07) is 16.4. The SMILES string of the molecule is COc1ncc(CNc2ccc3c(c2)Cc2cccc(C4CN(c5ccc[nH]c5=O)CCO4)c2O3)cn1. The third-order valence-corrected chi connectivity index (χ3v) is 6.69. The molecule has 2 N–H and O–H groups in total. The summed E-state index contributed by atoms with van der Waals surface area (Å²) in [5.41, 5.74) is 5.76. The summed E-state index contributed by atoms with van der Waals surface area (Å²) in [7, 11) is 1.55. The Bertz CT molecular complexity index is 1470. The third-order valence-electron chi connectivity index (χ3n) is 6.69. The number of nitrogens with one attached hydrogen (secondary N) is 2. The van der Waals surface area contributed by atoms with Gasteiger partial charge in [0.15, 0.2) is 0 Å².